The molecule has 0 aliphatic carbocycles. The lowest BCUT2D eigenvalue weighted by atomic mass is 10.1. The summed E-state index contributed by atoms with van der Waals surface area (Å²) >= 11 is 0. The maximum absolute atomic E-state index is 10.8. The molecule has 2 amide bonds. The lowest BCUT2D eigenvalue weighted by Gasteiger charge is -2.10. The highest BCUT2D eigenvalue weighted by atomic mass is 32.2. The first-order chi connectivity index (χ1) is 5.81. The summed E-state index contributed by atoms with van der Waals surface area (Å²) < 4.78 is 30.7. The predicted octanol–water partition coefficient (Wildman–Crippen LogP) is -1.70. The molecule has 1 saturated heterocycles. The summed E-state index contributed by atoms with van der Waals surface area (Å²) in [4.78, 5) is 21.5. The summed E-state index contributed by atoms with van der Waals surface area (Å²) in [5, 5.41) is 8.51. The van der Waals surface area contributed by atoms with Gasteiger partial charge in [-0.05, 0) is 0 Å². The molecule has 1 N–H and O–H groups in total. The molecule has 0 spiro atoms. The molecule has 1 heterocycles. The van der Waals surface area contributed by atoms with Crippen molar-refractivity contribution in [2.24, 2.45) is 5.92 Å². The molecule has 8 heteroatoms. The van der Waals surface area contributed by atoms with E-state index in [9.17, 15) is 22.6 Å². The van der Waals surface area contributed by atoms with Crippen LogP contribution < -0.4 is 0 Å². The third kappa shape index (κ3) is 2.23. The highest BCUT2D eigenvalue weighted by molar-refractivity contribution is 7.85. The van der Waals surface area contributed by atoms with Gasteiger partial charge in [-0.2, -0.15) is 5.06 Å². The van der Waals surface area contributed by atoms with Gasteiger partial charge in [-0.15, -0.1) is 0 Å². The monoisotopic (exact) mass is 208 g/mol. The Labute approximate surface area is 73.7 Å². The molecule has 1 fully saturated rings. The first kappa shape index (κ1) is 10.1. The van der Waals surface area contributed by atoms with Crippen molar-refractivity contribution in [2.75, 3.05) is 5.75 Å². The molecular weight excluding hydrogens is 202 g/mol. The molecular formula is C5H6NO6S-. The Morgan fingerprint density at radius 2 is 2.08 bits per heavy atom. The molecule has 1 unspecified atom stereocenters. The van der Waals surface area contributed by atoms with Gasteiger partial charge in [0.05, 0.1) is 21.8 Å². The third-order valence-electron chi connectivity index (χ3n) is 1.62. The summed E-state index contributed by atoms with van der Waals surface area (Å²) in [6.07, 6.45) is -0.434. The van der Waals surface area contributed by atoms with Crippen LogP contribution in [0.4, 0.5) is 0 Å². The molecule has 1 rings (SSSR count). The number of carbonyl (C=O) groups excluding carboxylic acids is 2. The van der Waals surface area contributed by atoms with Gasteiger partial charge in [0.2, 0.25) is 0 Å². The van der Waals surface area contributed by atoms with E-state index in [4.69, 9.17) is 5.21 Å². The summed E-state index contributed by atoms with van der Waals surface area (Å²) in [5.74, 6) is -4.11. The van der Waals surface area contributed by atoms with Gasteiger partial charge in [0.15, 0.2) is 0 Å². The van der Waals surface area contributed by atoms with Crippen LogP contribution in [0.25, 0.3) is 0 Å². The Kier molecular flexibility index (Phi) is 2.37. The highest BCUT2D eigenvalue weighted by Gasteiger charge is 2.38. The Hall–Kier alpha value is -0.990. The Bertz CT molecular complexity index is 346. The second-order valence-electron chi connectivity index (χ2n) is 2.67. The second-order valence-corrected chi connectivity index (χ2v) is 4.12. The quantitative estimate of drug-likeness (QED) is 0.328. The van der Waals surface area contributed by atoms with E-state index in [1.54, 1.807) is 0 Å². The van der Waals surface area contributed by atoms with Crippen molar-refractivity contribution in [1.82, 2.24) is 5.06 Å². The average molecular weight is 208 g/mol. The van der Waals surface area contributed by atoms with Gasteiger partial charge in [-0.3, -0.25) is 14.8 Å². The SMILES string of the molecule is O=C1CC(CS(=O)(=O)[O-])C(=O)N1O. The minimum Gasteiger partial charge on any atom is -0.748 e. The first-order valence-corrected chi connectivity index (χ1v) is 4.88. The van der Waals surface area contributed by atoms with Crippen molar-refractivity contribution in [3.63, 3.8) is 0 Å². The molecule has 1 aliphatic rings. The van der Waals surface area contributed by atoms with Crippen LogP contribution in [0, 0.1) is 5.92 Å². The van der Waals surface area contributed by atoms with E-state index in [0.29, 0.717) is 0 Å². The lowest BCUT2D eigenvalue weighted by Crippen LogP contribution is -2.28. The first-order valence-electron chi connectivity index (χ1n) is 3.30. The number of rotatable bonds is 2. The predicted molar refractivity (Wildman–Crippen MR) is 36.3 cm³/mol. The molecule has 1 atom stereocenters. The number of amides is 2. The molecule has 13 heavy (non-hydrogen) atoms. The summed E-state index contributed by atoms with van der Waals surface area (Å²) in [6, 6.07) is 0. The maximum Gasteiger partial charge on any atom is 0.257 e. The van der Waals surface area contributed by atoms with Crippen LogP contribution in [0.1, 0.15) is 6.42 Å². The van der Waals surface area contributed by atoms with Crippen LogP contribution in [0.2, 0.25) is 0 Å². The van der Waals surface area contributed by atoms with E-state index in [1.165, 1.54) is 0 Å². The molecule has 0 aromatic carbocycles. The largest absolute Gasteiger partial charge is 0.748 e. The van der Waals surface area contributed by atoms with Gasteiger partial charge in [-0.25, -0.2) is 8.42 Å². The van der Waals surface area contributed by atoms with Crippen molar-refractivity contribution in [2.45, 2.75) is 6.42 Å². The molecule has 7 nitrogen and oxygen atoms in total. The fourth-order valence-electron chi connectivity index (χ4n) is 1.06. The zero-order chi connectivity index (χ0) is 10.2. The number of imide groups is 1. The van der Waals surface area contributed by atoms with E-state index in [-0.39, 0.29) is 5.06 Å². The van der Waals surface area contributed by atoms with Gasteiger partial charge < -0.3 is 4.55 Å². The molecule has 0 aromatic heterocycles. The second kappa shape index (κ2) is 3.05. The molecule has 0 saturated carbocycles. The van der Waals surface area contributed by atoms with Gasteiger partial charge >= 0.3 is 0 Å². The van der Waals surface area contributed by atoms with Crippen molar-refractivity contribution < 1.29 is 27.8 Å². The van der Waals surface area contributed by atoms with Crippen LogP contribution in [-0.4, -0.2) is 40.8 Å². The zero-order valence-electron chi connectivity index (χ0n) is 6.34. The van der Waals surface area contributed by atoms with Crippen LogP contribution in [-0.2, 0) is 19.7 Å². The van der Waals surface area contributed by atoms with Crippen LogP contribution >= 0.6 is 0 Å². The zero-order valence-corrected chi connectivity index (χ0v) is 7.15. The van der Waals surface area contributed by atoms with Gasteiger partial charge in [0, 0.05) is 6.42 Å². The number of hydroxylamine groups is 2. The van der Waals surface area contributed by atoms with Crippen molar-refractivity contribution in [3.8, 4) is 0 Å². The van der Waals surface area contributed by atoms with E-state index < -0.39 is 40.0 Å². The lowest BCUT2D eigenvalue weighted by molar-refractivity contribution is -0.172. The molecule has 74 valence electrons. The fourth-order valence-corrected chi connectivity index (χ4v) is 1.81. The molecule has 0 radical (unpaired) electrons. The Morgan fingerprint density at radius 3 is 2.38 bits per heavy atom. The Morgan fingerprint density at radius 1 is 1.54 bits per heavy atom. The van der Waals surface area contributed by atoms with Crippen LogP contribution in [0.5, 0.6) is 0 Å². The van der Waals surface area contributed by atoms with Crippen LogP contribution in [0.3, 0.4) is 0 Å². The molecule has 1 aliphatic heterocycles. The van der Waals surface area contributed by atoms with Crippen LogP contribution in [0.15, 0.2) is 0 Å². The number of carbonyl (C=O) groups is 2. The minimum absolute atomic E-state index is 0.157. The smallest absolute Gasteiger partial charge is 0.257 e. The maximum atomic E-state index is 10.8. The van der Waals surface area contributed by atoms with Crippen molar-refractivity contribution in [3.05, 3.63) is 0 Å². The normalized spacial score (nSPS) is 24.2. The van der Waals surface area contributed by atoms with E-state index in [0.717, 1.165) is 0 Å². The van der Waals surface area contributed by atoms with Gasteiger partial charge in [0.1, 0.15) is 0 Å². The average Bonchev–Trinajstić information content (AvgIpc) is 2.15. The number of hydrogen-bond donors (Lipinski definition) is 1. The molecule has 0 aromatic rings. The number of hydrogen-bond acceptors (Lipinski definition) is 6. The summed E-state index contributed by atoms with van der Waals surface area (Å²) in [6.45, 7) is 0. The van der Waals surface area contributed by atoms with Gasteiger partial charge in [0.25, 0.3) is 11.8 Å². The minimum atomic E-state index is -4.55. The number of nitrogens with zero attached hydrogens (tertiary/aromatic N) is 1. The van der Waals surface area contributed by atoms with E-state index >= 15 is 0 Å². The van der Waals surface area contributed by atoms with Crippen molar-refractivity contribution in [1.29, 1.82) is 0 Å². The molecule has 0 bridgehead atoms. The standard InChI is InChI=1S/C5H7NO6S/c7-4-1-3(2-13(10,11)12)5(8)6(4)9/h3,9H,1-2H2,(H,10,11,12)/p-1. The van der Waals surface area contributed by atoms with E-state index in [1.807, 2.05) is 0 Å². The topological polar surface area (TPSA) is 115 Å². The Balaban J connectivity index is 2.76. The summed E-state index contributed by atoms with van der Waals surface area (Å²) in [5.41, 5.74) is 0. The third-order valence-corrected chi connectivity index (χ3v) is 2.43. The van der Waals surface area contributed by atoms with Gasteiger partial charge in [-0.1, -0.05) is 0 Å². The van der Waals surface area contributed by atoms with Crippen molar-refractivity contribution >= 4 is 21.9 Å². The summed E-state index contributed by atoms with van der Waals surface area (Å²) in [7, 11) is -4.55. The fraction of sp³-hybridized carbons (Fsp3) is 0.600. The van der Waals surface area contributed by atoms with E-state index in [2.05, 4.69) is 0 Å². The highest BCUT2D eigenvalue weighted by Crippen LogP contribution is 2.18.